The zero-order valence-electron chi connectivity index (χ0n) is 13.2. The molecule has 0 aromatic carbocycles. The van der Waals surface area contributed by atoms with Crippen molar-refractivity contribution in [2.24, 2.45) is 0 Å². The van der Waals surface area contributed by atoms with Crippen LogP contribution in [0.3, 0.4) is 0 Å². The fourth-order valence-corrected chi connectivity index (χ4v) is 2.59. The molecule has 0 aromatic heterocycles. The average molecular weight is 283 g/mol. The van der Waals surface area contributed by atoms with Gasteiger partial charge in [0.2, 0.25) is 14.2 Å². The average Bonchev–Trinajstić information content (AvgIpc) is 2.67. The van der Waals surface area contributed by atoms with Crippen molar-refractivity contribution in [2.45, 2.75) is 64.6 Å². The van der Waals surface area contributed by atoms with Crippen molar-refractivity contribution in [3.05, 3.63) is 12.3 Å². The standard InChI is InChI=1S/C15H29NO2Si/c1-15(2,3)19(4,5)18-13-8-6-7-11-16-12-9-10-14(16)17/h8,13H,6-7,9-12H2,1-5H3/b13-8+. The number of hydrogen-bond donors (Lipinski definition) is 0. The van der Waals surface area contributed by atoms with E-state index in [9.17, 15) is 4.79 Å². The Balaban J connectivity index is 2.19. The van der Waals surface area contributed by atoms with Crippen molar-refractivity contribution in [1.82, 2.24) is 4.90 Å². The Kier molecular flexibility index (Phi) is 5.65. The van der Waals surface area contributed by atoms with Crippen LogP contribution in [0.4, 0.5) is 0 Å². The Morgan fingerprint density at radius 2 is 2.05 bits per heavy atom. The Hall–Kier alpha value is -0.773. The van der Waals surface area contributed by atoms with Gasteiger partial charge in [-0.1, -0.05) is 26.8 Å². The van der Waals surface area contributed by atoms with E-state index in [0.717, 1.165) is 38.8 Å². The number of rotatable bonds is 6. The number of unbranched alkanes of at least 4 members (excludes halogenated alkanes) is 1. The molecule has 0 saturated carbocycles. The second-order valence-corrected chi connectivity index (χ2v) is 11.6. The van der Waals surface area contributed by atoms with E-state index >= 15 is 0 Å². The molecule has 1 fully saturated rings. The lowest BCUT2D eigenvalue weighted by molar-refractivity contribution is -0.127. The number of carbonyl (C=O) groups is 1. The molecule has 110 valence electrons. The highest BCUT2D eigenvalue weighted by molar-refractivity contribution is 6.74. The van der Waals surface area contributed by atoms with E-state index in [1.165, 1.54) is 0 Å². The number of hydrogen-bond acceptors (Lipinski definition) is 2. The maximum Gasteiger partial charge on any atom is 0.249 e. The fourth-order valence-electron chi connectivity index (χ4n) is 1.80. The highest BCUT2D eigenvalue weighted by atomic mass is 28.4. The fraction of sp³-hybridized carbons (Fsp3) is 0.800. The van der Waals surface area contributed by atoms with E-state index in [4.69, 9.17) is 4.43 Å². The number of carbonyl (C=O) groups excluding carboxylic acids is 1. The Morgan fingerprint density at radius 3 is 2.58 bits per heavy atom. The first kappa shape index (κ1) is 16.3. The Bertz CT molecular complexity index is 332. The molecule has 19 heavy (non-hydrogen) atoms. The first-order valence-corrected chi connectivity index (χ1v) is 10.3. The Labute approximate surface area is 119 Å². The number of nitrogens with zero attached hydrogens (tertiary/aromatic N) is 1. The minimum absolute atomic E-state index is 0.249. The number of amides is 1. The van der Waals surface area contributed by atoms with Gasteiger partial charge in [0.15, 0.2) is 0 Å². The molecular formula is C15H29NO2Si. The zero-order valence-corrected chi connectivity index (χ0v) is 14.2. The molecule has 0 atom stereocenters. The van der Waals surface area contributed by atoms with Crippen molar-refractivity contribution in [3.8, 4) is 0 Å². The van der Waals surface area contributed by atoms with Crippen LogP contribution in [0.25, 0.3) is 0 Å². The first-order valence-electron chi connectivity index (χ1n) is 7.35. The minimum atomic E-state index is -1.65. The molecule has 1 aliphatic rings. The second kappa shape index (κ2) is 6.59. The SMILES string of the molecule is CC(C)(C)[Si](C)(C)O/C=C/CCCN1CCCC1=O. The molecule has 0 aliphatic carbocycles. The summed E-state index contributed by atoms with van der Waals surface area (Å²) in [5.41, 5.74) is 0. The third-order valence-electron chi connectivity index (χ3n) is 4.24. The smallest absolute Gasteiger partial charge is 0.249 e. The highest BCUT2D eigenvalue weighted by Crippen LogP contribution is 2.36. The van der Waals surface area contributed by atoms with Crippen LogP contribution in [-0.2, 0) is 9.22 Å². The monoisotopic (exact) mass is 283 g/mol. The third kappa shape index (κ3) is 5.01. The van der Waals surface area contributed by atoms with Crippen LogP contribution in [0, 0.1) is 0 Å². The highest BCUT2D eigenvalue weighted by Gasteiger charge is 2.37. The van der Waals surface area contributed by atoms with Crippen molar-refractivity contribution in [1.29, 1.82) is 0 Å². The van der Waals surface area contributed by atoms with Gasteiger partial charge in [0, 0.05) is 19.5 Å². The molecule has 1 heterocycles. The van der Waals surface area contributed by atoms with Crippen molar-refractivity contribution >= 4 is 14.2 Å². The van der Waals surface area contributed by atoms with Crippen LogP contribution in [0.15, 0.2) is 12.3 Å². The van der Waals surface area contributed by atoms with Crippen LogP contribution >= 0.6 is 0 Å². The van der Waals surface area contributed by atoms with Gasteiger partial charge in [0.05, 0.1) is 6.26 Å². The molecule has 1 aliphatic heterocycles. The second-order valence-electron chi connectivity index (χ2n) is 6.88. The van der Waals surface area contributed by atoms with E-state index in [0.29, 0.717) is 5.91 Å². The predicted octanol–water partition coefficient (Wildman–Crippen LogP) is 3.92. The largest absolute Gasteiger partial charge is 0.549 e. The molecule has 0 radical (unpaired) electrons. The summed E-state index contributed by atoms with van der Waals surface area (Å²) in [6.07, 6.45) is 7.76. The Morgan fingerprint density at radius 1 is 1.37 bits per heavy atom. The molecule has 4 heteroatoms. The van der Waals surface area contributed by atoms with Crippen LogP contribution in [0.1, 0.15) is 46.5 Å². The summed E-state index contributed by atoms with van der Waals surface area (Å²) < 4.78 is 5.96. The van der Waals surface area contributed by atoms with E-state index in [-0.39, 0.29) is 5.04 Å². The van der Waals surface area contributed by atoms with Crippen LogP contribution < -0.4 is 0 Å². The molecule has 1 amide bonds. The van der Waals surface area contributed by atoms with Gasteiger partial charge in [-0.05, 0) is 37.4 Å². The van der Waals surface area contributed by atoms with Crippen molar-refractivity contribution in [2.75, 3.05) is 13.1 Å². The molecule has 1 rings (SSSR count). The molecule has 0 spiro atoms. The van der Waals surface area contributed by atoms with E-state index < -0.39 is 8.32 Å². The lowest BCUT2D eigenvalue weighted by Gasteiger charge is -2.34. The predicted molar refractivity (Wildman–Crippen MR) is 82.5 cm³/mol. The maximum atomic E-state index is 11.4. The molecule has 0 aromatic rings. The summed E-state index contributed by atoms with van der Waals surface area (Å²) in [5.74, 6) is 0.321. The van der Waals surface area contributed by atoms with Gasteiger partial charge in [-0.25, -0.2) is 0 Å². The lowest BCUT2D eigenvalue weighted by Crippen LogP contribution is -2.39. The summed E-state index contributed by atoms with van der Waals surface area (Å²) in [4.78, 5) is 13.4. The van der Waals surface area contributed by atoms with Crippen LogP contribution in [0.5, 0.6) is 0 Å². The van der Waals surface area contributed by atoms with Gasteiger partial charge in [-0.15, -0.1) is 0 Å². The van der Waals surface area contributed by atoms with Gasteiger partial charge in [0.25, 0.3) is 0 Å². The third-order valence-corrected chi connectivity index (χ3v) is 8.57. The van der Waals surface area contributed by atoms with E-state index in [1.54, 1.807) is 0 Å². The summed E-state index contributed by atoms with van der Waals surface area (Å²) in [7, 11) is -1.65. The summed E-state index contributed by atoms with van der Waals surface area (Å²) >= 11 is 0. The molecule has 0 N–H and O–H groups in total. The number of allylic oxidation sites excluding steroid dienone is 1. The maximum absolute atomic E-state index is 11.4. The van der Waals surface area contributed by atoms with Crippen LogP contribution in [-0.4, -0.2) is 32.2 Å². The molecular weight excluding hydrogens is 254 g/mol. The van der Waals surface area contributed by atoms with Gasteiger partial charge < -0.3 is 9.33 Å². The lowest BCUT2D eigenvalue weighted by atomic mass is 10.2. The van der Waals surface area contributed by atoms with Crippen molar-refractivity contribution < 1.29 is 9.22 Å². The first-order chi connectivity index (χ1) is 8.74. The summed E-state index contributed by atoms with van der Waals surface area (Å²) in [6.45, 7) is 13.1. The van der Waals surface area contributed by atoms with E-state index in [1.807, 2.05) is 11.2 Å². The molecule has 1 saturated heterocycles. The quantitative estimate of drug-likeness (QED) is 0.420. The number of likely N-dealkylation sites (tertiary alicyclic amines) is 1. The van der Waals surface area contributed by atoms with Gasteiger partial charge in [-0.2, -0.15) is 0 Å². The van der Waals surface area contributed by atoms with Crippen molar-refractivity contribution in [3.63, 3.8) is 0 Å². The zero-order chi connectivity index (χ0) is 14.5. The van der Waals surface area contributed by atoms with Gasteiger partial charge in [-0.3, -0.25) is 4.79 Å². The van der Waals surface area contributed by atoms with Crippen LogP contribution in [0.2, 0.25) is 18.1 Å². The van der Waals surface area contributed by atoms with Gasteiger partial charge >= 0.3 is 0 Å². The summed E-state index contributed by atoms with van der Waals surface area (Å²) in [6, 6.07) is 0. The molecule has 3 nitrogen and oxygen atoms in total. The minimum Gasteiger partial charge on any atom is -0.549 e. The topological polar surface area (TPSA) is 29.5 Å². The van der Waals surface area contributed by atoms with Gasteiger partial charge in [0.1, 0.15) is 0 Å². The summed E-state index contributed by atoms with van der Waals surface area (Å²) in [5, 5.41) is 0.249. The molecule has 0 bridgehead atoms. The normalized spacial score (nSPS) is 17.5. The van der Waals surface area contributed by atoms with E-state index in [2.05, 4.69) is 39.9 Å². The molecule has 0 unspecified atom stereocenters.